The van der Waals surface area contributed by atoms with Gasteiger partial charge < -0.3 is 15.2 Å². The molecule has 2 aromatic rings. The van der Waals surface area contributed by atoms with Gasteiger partial charge in [0.05, 0.1) is 12.7 Å². The van der Waals surface area contributed by atoms with Gasteiger partial charge >= 0.3 is 0 Å². The summed E-state index contributed by atoms with van der Waals surface area (Å²) in [6.45, 7) is 2.65. The van der Waals surface area contributed by atoms with Gasteiger partial charge in [0.25, 0.3) is 11.3 Å². The standard InChI is InChI=1S/C25H29N3O4/c1-17-12-18(14-20(13-17)32-19-8-4-3-5-9-19)25(10-6-7-11-25)16-28-15-21(29)23(30)22(27-28)24(31)26-2/h3-5,8-9,12,14-15,17,29H,6-7,10-11,13,16H2,1-2H3,(H,26,31). The number of para-hydroxylation sites is 1. The second-order valence-corrected chi connectivity index (χ2v) is 8.79. The Bertz CT molecular complexity index is 1110. The van der Waals surface area contributed by atoms with Crippen molar-refractivity contribution in [1.82, 2.24) is 15.1 Å². The molecule has 4 rings (SSSR count). The normalized spacial score (nSPS) is 19.8. The maximum absolute atomic E-state index is 12.2. The zero-order valence-electron chi connectivity index (χ0n) is 18.5. The summed E-state index contributed by atoms with van der Waals surface area (Å²) >= 11 is 0. The van der Waals surface area contributed by atoms with E-state index in [0.29, 0.717) is 12.5 Å². The number of amides is 1. The van der Waals surface area contributed by atoms with E-state index >= 15 is 0 Å². The summed E-state index contributed by atoms with van der Waals surface area (Å²) in [5.74, 6) is 0.984. The van der Waals surface area contributed by atoms with E-state index in [1.165, 1.54) is 23.5 Å². The minimum atomic E-state index is -0.759. The molecule has 32 heavy (non-hydrogen) atoms. The summed E-state index contributed by atoms with van der Waals surface area (Å²) < 4.78 is 7.71. The molecule has 1 aromatic heterocycles. The maximum Gasteiger partial charge on any atom is 0.275 e. The van der Waals surface area contributed by atoms with Gasteiger partial charge in [0.1, 0.15) is 11.5 Å². The van der Waals surface area contributed by atoms with Gasteiger partial charge in [0.15, 0.2) is 11.4 Å². The minimum absolute atomic E-state index is 0.200. The Labute approximate surface area is 187 Å². The number of benzene rings is 1. The number of hydrogen-bond acceptors (Lipinski definition) is 5. The Morgan fingerprint density at radius 3 is 2.69 bits per heavy atom. The number of aromatic hydroxyl groups is 1. The van der Waals surface area contributed by atoms with E-state index in [1.807, 2.05) is 30.3 Å². The van der Waals surface area contributed by atoms with Crippen LogP contribution >= 0.6 is 0 Å². The molecule has 168 valence electrons. The molecule has 1 unspecified atom stereocenters. The van der Waals surface area contributed by atoms with Crippen LogP contribution in [0.25, 0.3) is 0 Å². The first-order valence-electron chi connectivity index (χ1n) is 11.1. The molecule has 7 heteroatoms. The van der Waals surface area contributed by atoms with E-state index in [-0.39, 0.29) is 11.1 Å². The predicted molar refractivity (Wildman–Crippen MR) is 121 cm³/mol. The molecule has 1 fully saturated rings. The van der Waals surface area contributed by atoms with Crippen LogP contribution in [0.5, 0.6) is 11.5 Å². The van der Waals surface area contributed by atoms with Crippen LogP contribution in [0.3, 0.4) is 0 Å². The van der Waals surface area contributed by atoms with Crippen molar-refractivity contribution < 1.29 is 14.6 Å². The van der Waals surface area contributed by atoms with Crippen molar-refractivity contribution in [2.24, 2.45) is 11.3 Å². The second-order valence-electron chi connectivity index (χ2n) is 8.79. The summed E-state index contributed by atoms with van der Waals surface area (Å²) in [4.78, 5) is 24.3. The van der Waals surface area contributed by atoms with Gasteiger partial charge in [-0.3, -0.25) is 14.3 Å². The van der Waals surface area contributed by atoms with Crippen LogP contribution in [0, 0.1) is 11.3 Å². The highest BCUT2D eigenvalue weighted by Crippen LogP contribution is 2.48. The first kappa shape index (κ1) is 21.9. The van der Waals surface area contributed by atoms with Crippen molar-refractivity contribution in [1.29, 1.82) is 0 Å². The molecular weight excluding hydrogens is 406 g/mol. The molecular formula is C25H29N3O4. The van der Waals surface area contributed by atoms with E-state index in [4.69, 9.17) is 4.74 Å². The van der Waals surface area contributed by atoms with Gasteiger partial charge in [0.2, 0.25) is 0 Å². The van der Waals surface area contributed by atoms with E-state index < -0.39 is 17.1 Å². The smallest absolute Gasteiger partial charge is 0.275 e. The third-order valence-electron chi connectivity index (χ3n) is 6.32. The fraction of sp³-hybridized carbons (Fsp3) is 0.400. The molecule has 0 spiro atoms. The Hall–Kier alpha value is -3.35. The van der Waals surface area contributed by atoms with Crippen LogP contribution in [-0.2, 0) is 6.54 Å². The molecule has 0 radical (unpaired) electrons. The zero-order valence-corrected chi connectivity index (χ0v) is 18.5. The lowest BCUT2D eigenvalue weighted by molar-refractivity contribution is 0.0952. The average Bonchev–Trinajstić information content (AvgIpc) is 3.25. The van der Waals surface area contributed by atoms with Crippen LogP contribution in [0.15, 0.2) is 64.8 Å². The monoisotopic (exact) mass is 435 g/mol. The van der Waals surface area contributed by atoms with Gasteiger partial charge in [-0.05, 0) is 42.5 Å². The molecule has 2 aliphatic rings. The van der Waals surface area contributed by atoms with Gasteiger partial charge in [-0.25, -0.2) is 0 Å². The third-order valence-corrected chi connectivity index (χ3v) is 6.32. The number of nitrogens with one attached hydrogen (secondary N) is 1. The van der Waals surface area contributed by atoms with Gasteiger partial charge in [0, 0.05) is 18.9 Å². The Morgan fingerprint density at radius 1 is 1.28 bits per heavy atom. The number of hydrogen-bond donors (Lipinski definition) is 2. The largest absolute Gasteiger partial charge is 0.503 e. The molecule has 1 aromatic carbocycles. The van der Waals surface area contributed by atoms with E-state index in [0.717, 1.165) is 43.6 Å². The molecule has 1 atom stereocenters. The topological polar surface area (TPSA) is 93.5 Å². The molecule has 0 aliphatic heterocycles. The first-order valence-corrected chi connectivity index (χ1v) is 11.1. The average molecular weight is 436 g/mol. The number of aromatic nitrogens is 2. The lowest BCUT2D eigenvalue weighted by Gasteiger charge is -2.34. The minimum Gasteiger partial charge on any atom is -0.503 e. The van der Waals surface area contributed by atoms with Crippen LogP contribution in [0.4, 0.5) is 0 Å². The Kier molecular flexibility index (Phi) is 6.17. The molecule has 1 saturated carbocycles. The van der Waals surface area contributed by atoms with E-state index in [2.05, 4.69) is 29.5 Å². The Balaban J connectivity index is 1.67. The summed E-state index contributed by atoms with van der Waals surface area (Å²) in [5.41, 5.74) is -0.0597. The predicted octanol–water partition coefficient (Wildman–Crippen LogP) is 3.80. The van der Waals surface area contributed by atoms with Gasteiger partial charge in [-0.2, -0.15) is 5.10 Å². The quantitative estimate of drug-likeness (QED) is 0.720. The molecule has 1 heterocycles. The highest BCUT2D eigenvalue weighted by atomic mass is 16.5. The molecule has 1 amide bonds. The second kappa shape index (κ2) is 9.02. The molecule has 0 bridgehead atoms. The highest BCUT2D eigenvalue weighted by molar-refractivity contribution is 5.92. The molecule has 0 saturated heterocycles. The lowest BCUT2D eigenvalue weighted by atomic mass is 9.74. The number of carbonyl (C=O) groups is 1. The zero-order chi connectivity index (χ0) is 22.7. The number of allylic oxidation sites excluding steroid dienone is 4. The molecule has 7 nitrogen and oxygen atoms in total. The third kappa shape index (κ3) is 4.47. The fourth-order valence-electron chi connectivity index (χ4n) is 4.78. The fourth-order valence-corrected chi connectivity index (χ4v) is 4.78. The van der Waals surface area contributed by atoms with Crippen LogP contribution in [0.2, 0.25) is 0 Å². The van der Waals surface area contributed by atoms with Crippen molar-refractivity contribution in [3.8, 4) is 11.5 Å². The van der Waals surface area contributed by atoms with Crippen LogP contribution < -0.4 is 15.5 Å². The van der Waals surface area contributed by atoms with Crippen molar-refractivity contribution in [3.63, 3.8) is 0 Å². The van der Waals surface area contributed by atoms with Crippen molar-refractivity contribution in [3.05, 3.63) is 75.9 Å². The first-order chi connectivity index (χ1) is 15.4. The SMILES string of the molecule is CNC(=O)c1nn(CC2(C3=CC(C)CC(Oc4ccccc4)=C3)CCCC2)cc(O)c1=O. The van der Waals surface area contributed by atoms with E-state index in [1.54, 1.807) is 0 Å². The van der Waals surface area contributed by atoms with Crippen molar-refractivity contribution in [2.45, 2.75) is 45.6 Å². The molecule has 2 N–H and O–H groups in total. The lowest BCUT2D eigenvalue weighted by Crippen LogP contribution is -2.33. The summed E-state index contributed by atoms with van der Waals surface area (Å²) in [7, 11) is 1.43. The van der Waals surface area contributed by atoms with Crippen molar-refractivity contribution in [2.75, 3.05) is 7.05 Å². The number of rotatable bonds is 6. The van der Waals surface area contributed by atoms with Crippen molar-refractivity contribution >= 4 is 5.91 Å². The number of nitrogens with zero attached hydrogens (tertiary/aromatic N) is 2. The molecule has 2 aliphatic carbocycles. The maximum atomic E-state index is 12.2. The summed E-state index contributed by atoms with van der Waals surface area (Å²) in [6, 6.07) is 9.76. The summed E-state index contributed by atoms with van der Waals surface area (Å²) in [5, 5.41) is 16.8. The van der Waals surface area contributed by atoms with Gasteiger partial charge in [-0.15, -0.1) is 0 Å². The number of ether oxygens (including phenoxy) is 1. The van der Waals surface area contributed by atoms with Crippen LogP contribution in [0.1, 0.15) is 49.5 Å². The highest BCUT2D eigenvalue weighted by Gasteiger charge is 2.39. The van der Waals surface area contributed by atoms with Crippen LogP contribution in [-0.4, -0.2) is 27.8 Å². The summed E-state index contributed by atoms with van der Waals surface area (Å²) in [6.07, 6.45) is 10.7. The van der Waals surface area contributed by atoms with E-state index in [9.17, 15) is 14.7 Å². The Morgan fingerprint density at radius 2 is 2.00 bits per heavy atom. The van der Waals surface area contributed by atoms with Gasteiger partial charge in [-0.1, -0.05) is 44.0 Å². The number of carbonyl (C=O) groups excluding carboxylic acids is 1.